The van der Waals surface area contributed by atoms with E-state index in [0.717, 1.165) is 22.3 Å². The second kappa shape index (κ2) is 8.49. The summed E-state index contributed by atoms with van der Waals surface area (Å²) in [7, 11) is 0. The molecule has 0 aliphatic heterocycles. The number of aromatic hydroxyl groups is 1. The van der Waals surface area contributed by atoms with Gasteiger partial charge in [-0.15, -0.1) is 0 Å². The largest absolute Gasteiger partial charge is 0.508 e. The van der Waals surface area contributed by atoms with Gasteiger partial charge in [0.1, 0.15) is 17.2 Å². The molecule has 29 heavy (non-hydrogen) atoms. The van der Waals surface area contributed by atoms with Crippen LogP contribution in [0.5, 0.6) is 17.2 Å². The van der Waals surface area contributed by atoms with Gasteiger partial charge in [-0.3, -0.25) is 4.79 Å². The fourth-order valence-corrected chi connectivity index (χ4v) is 3.03. The summed E-state index contributed by atoms with van der Waals surface area (Å²) in [5, 5.41) is 21.5. The Bertz CT molecular complexity index is 1110. The number of carbonyl (C=O) groups excluding carboxylic acids is 1. The highest BCUT2D eigenvalue weighted by atomic mass is 16.5. The molecule has 146 valence electrons. The number of benzene rings is 3. The molecule has 0 atom stereocenters. The second-order valence-electron chi connectivity index (χ2n) is 7.07. The van der Waals surface area contributed by atoms with Crippen LogP contribution in [0.3, 0.4) is 0 Å². The van der Waals surface area contributed by atoms with Crippen molar-refractivity contribution in [3.8, 4) is 23.3 Å². The molecule has 0 spiro atoms. The lowest BCUT2D eigenvalue weighted by atomic mass is 10.1. The zero-order valence-corrected chi connectivity index (χ0v) is 16.6. The highest BCUT2D eigenvalue weighted by molar-refractivity contribution is 5.93. The predicted octanol–water partition coefficient (Wildman–Crippen LogP) is 5.16. The summed E-state index contributed by atoms with van der Waals surface area (Å²) in [4.78, 5) is 12.5. The van der Waals surface area contributed by atoms with Gasteiger partial charge in [-0.1, -0.05) is 12.1 Å². The second-order valence-corrected chi connectivity index (χ2v) is 7.07. The van der Waals surface area contributed by atoms with Gasteiger partial charge in [-0.2, -0.15) is 5.26 Å². The Morgan fingerprint density at radius 1 is 1.03 bits per heavy atom. The van der Waals surface area contributed by atoms with Crippen molar-refractivity contribution in [2.45, 2.75) is 27.2 Å². The van der Waals surface area contributed by atoms with Crippen LogP contribution in [0, 0.1) is 32.1 Å². The van der Waals surface area contributed by atoms with Crippen molar-refractivity contribution in [2.75, 3.05) is 5.32 Å². The highest BCUT2D eigenvalue weighted by Crippen LogP contribution is 2.28. The number of nitriles is 1. The van der Waals surface area contributed by atoms with E-state index in [2.05, 4.69) is 11.4 Å². The van der Waals surface area contributed by atoms with Crippen LogP contribution in [0.1, 0.15) is 27.8 Å². The molecule has 0 radical (unpaired) electrons. The molecule has 0 aliphatic rings. The van der Waals surface area contributed by atoms with Crippen LogP contribution in [-0.4, -0.2) is 11.0 Å². The molecule has 3 aromatic carbocycles. The van der Waals surface area contributed by atoms with Gasteiger partial charge in [0.05, 0.1) is 18.1 Å². The molecule has 0 fully saturated rings. The molecule has 0 saturated carbocycles. The van der Waals surface area contributed by atoms with Crippen molar-refractivity contribution in [3.63, 3.8) is 0 Å². The van der Waals surface area contributed by atoms with Crippen LogP contribution in [0.4, 0.5) is 5.69 Å². The fourth-order valence-electron chi connectivity index (χ4n) is 3.03. The summed E-state index contributed by atoms with van der Waals surface area (Å²) in [6.45, 7) is 5.66. The molecule has 0 aromatic heterocycles. The van der Waals surface area contributed by atoms with E-state index in [1.54, 1.807) is 24.3 Å². The minimum Gasteiger partial charge on any atom is -0.508 e. The topological polar surface area (TPSA) is 82.3 Å². The van der Waals surface area contributed by atoms with Gasteiger partial charge in [-0.25, -0.2) is 0 Å². The average Bonchev–Trinajstić information content (AvgIpc) is 2.66. The van der Waals surface area contributed by atoms with E-state index in [9.17, 15) is 9.90 Å². The highest BCUT2D eigenvalue weighted by Gasteiger charge is 2.10. The van der Waals surface area contributed by atoms with Crippen molar-refractivity contribution in [3.05, 3.63) is 82.4 Å². The lowest BCUT2D eigenvalue weighted by Crippen LogP contribution is -2.15. The van der Waals surface area contributed by atoms with Gasteiger partial charge in [0.15, 0.2) is 0 Å². The number of hydrogen-bond acceptors (Lipinski definition) is 4. The Morgan fingerprint density at radius 3 is 2.55 bits per heavy atom. The minimum absolute atomic E-state index is 0.157. The molecule has 1 amide bonds. The van der Waals surface area contributed by atoms with Crippen molar-refractivity contribution in [2.24, 2.45) is 0 Å². The standard InChI is InChI=1S/C24H22N2O3/c1-15-8-19(14-25)11-21(9-15)29-23-12-18(5-4-16(23)2)13-24(28)26-22-7-6-20(27)10-17(22)3/h4-12,27H,13H2,1-3H3,(H,26,28). The van der Waals surface area contributed by atoms with E-state index >= 15 is 0 Å². The summed E-state index contributed by atoms with van der Waals surface area (Å²) in [6, 6.07) is 17.9. The summed E-state index contributed by atoms with van der Waals surface area (Å²) < 4.78 is 5.99. The van der Waals surface area contributed by atoms with Gasteiger partial charge < -0.3 is 15.2 Å². The number of carbonyl (C=O) groups is 1. The number of hydrogen-bond donors (Lipinski definition) is 2. The monoisotopic (exact) mass is 386 g/mol. The number of amides is 1. The van der Waals surface area contributed by atoms with E-state index < -0.39 is 0 Å². The first kappa shape index (κ1) is 20.0. The summed E-state index contributed by atoms with van der Waals surface area (Å²) in [6.07, 6.45) is 0.189. The Labute approximate surface area is 170 Å². The van der Waals surface area contributed by atoms with Gasteiger partial charge >= 0.3 is 0 Å². The molecule has 3 rings (SSSR count). The van der Waals surface area contributed by atoms with Crippen molar-refractivity contribution >= 4 is 11.6 Å². The van der Waals surface area contributed by atoms with E-state index in [-0.39, 0.29) is 18.1 Å². The Morgan fingerprint density at radius 2 is 1.83 bits per heavy atom. The van der Waals surface area contributed by atoms with Gasteiger partial charge in [-0.05, 0) is 85.5 Å². The Balaban J connectivity index is 1.76. The number of phenolic OH excluding ortho intramolecular Hbond substituents is 1. The third-order valence-corrected chi connectivity index (χ3v) is 4.51. The van der Waals surface area contributed by atoms with Crippen LogP contribution >= 0.6 is 0 Å². The molecule has 0 aliphatic carbocycles. The van der Waals surface area contributed by atoms with Crippen molar-refractivity contribution < 1.29 is 14.6 Å². The third kappa shape index (κ3) is 5.14. The number of aryl methyl sites for hydroxylation is 3. The first-order valence-electron chi connectivity index (χ1n) is 9.22. The Kier molecular flexibility index (Phi) is 5.85. The molecule has 0 saturated heterocycles. The smallest absolute Gasteiger partial charge is 0.228 e. The molecular weight excluding hydrogens is 364 g/mol. The summed E-state index contributed by atoms with van der Waals surface area (Å²) in [5.74, 6) is 1.24. The molecule has 2 N–H and O–H groups in total. The normalized spacial score (nSPS) is 10.3. The third-order valence-electron chi connectivity index (χ3n) is 4.51. The summed E-state index contributed by atoms with van der Waals surface area (Å²) >= 11 is 0. The van der Waals surface area contributed by atoms with Crippen LogP contribution in [-0.2, 0) is 11.2 Å². The molecule has 5 heteroatoms. The first-order chi connectivity index (χ1) is 13.8. The number of ether oxygens (including phenoxy) is 1. The number of rotatable bonds is 5. The molecule has 0 bridgehead atoms. The van der Waals surface area contributed by atoms with Gasteiger partial charge in [0, 0.05) is 5.69 Å². The van der Waals surface area contributed by atoms with E-state index in [4.69, 9.17) is 10.00 Å². The molecule has 3 aromatic rings. The average molecular weight is 386 g/mol. The van der Waals surface area contributed by atoms with Crippen molar-refractivity contribution in [1.82, 2.24) is 0 Å². The quantitative estimate of drug-likeness (QED) is 0.593. The number of anilines is 1. The number of phenols is 1. The van der Waals surface area contributed by atoms with Crippen LogP contribution in [0.2, 0.25) is 0 Å². The molecule has 5 nitrogen and oxygen atoms in total. The summed E-state index contributed by atoms with van der Waals surface area (Å²) in [5.41, 5.74) is 4.68. The Hall–Kier alpha value is -3.78. The minimum atomic E-state index is -0.157. The fraction of sp³-hybridized carbons (Fsp3) is 0.167. The zero-order chi connectivity index (χ0) is 21.0. The van der Waals surface area contributed by atoms with Crippen molar-refractivity contribution in [1.29, 1.82) is 5.26 Å². The van der Waals surface area contributed by atoms with E-state index in [1.807, 2.05) is 45.0 Å². The predicted molar refractivity (Wildman–Crippen MR) is 112 cm³/mol. The van der Waals surface area contributed by atoms with Crippen LogP contribution in [0.25, 0.3) is 0 Å². The van der Waals surface area contributed by atoms with E-state index in [1.165, 1.54) is 6.07 Å². The SMILES string of the molecule is Cc1cc(C#N)cc(Oc2cc(CC(=O)Nc3ccc(O)cc3C)ccc2C)c1. The molecule has 0 heterocycles. The van der Waals surface area contributed by atoms with Crippen LogP contribution < -0.4 is 10.1 Å². The van der Waals surface area contributed by atoms with Crippen LogP contribution in [0.15, 0.2) is 54.6 Å². The van der Waals surface area contributed by atoms with Gasteiger partial charge in [0.2, 0.25) is 5.91 Å². The van der Waals surface area contributed by atoms with Gasteiger partial charge in [0.25, 0.3) is 0 Å². The number of nitrogens with one attached hydrogen (secondary N) is 1. The number of nitrogens with zero attached hydrogens (tertiary/aromatic N) is 1. The molecule has 0 unspecified atom stereocenters. The maximum Gasteiger partial charge on any atom is 0.228 e. The van der Waals surface area contributed by atoms with E-state index in [0.29, 0.717) is 22.7 Å². The lowest BCUT2D eigenvalue weighted by Gasteiger charge is -2.12. The maximum atomic E-state index is 12.5. The maximum absolute atomic E-state index is 12.5. The zero-order valence-electron chi connectivity index (χ0n) is 16.6. The first-order valence-corrected chi connectivity index (χ1v) is 9.22. The lowest BCUT2D eigenvalue weighted by molar-refractivity contribution is -0.115. The molecular formula is C24H22N2O3.